The van der Waals surface area contributed by atoms with Crippen LogP contribution in [0.5, 0.6) is 0 Å². The minimum absolute atomic E-state index is 0.478. The maximum Gasteiger partial charge on any atom is 0.0238 e. The number of hydrogen-bond donors (Lipinski definition) is 1. The van der Waals surface area contributed by atoms with Crippen LogP contribution in [0, 0.1) is 24.2 Å². The summed E-state index contributed by atoms with van der Waals surface area (Å²) in [6, 6.07) is 1.18. The van der Waals surface area contributed by atoms with E-state index in [4.69, 9.17) is 6.42 Å². The zero-order valence-electron chi connectivity index (χ0n) is 10.4. The molecule has 0 amide bonds. The van der Waals surface area contributed by atoms with Crippen LogP contribution in [0.15, 0.2) is 0 Å². The van der Waals surface area contributed by atoms with E-state index in [-0.39, 0.29) is 0 Å². The van der Waals surface area contributed by atoms with Crippen molar-refractivity contribution in [1.29, 1.82) is 0 Å². The van der Waals surface area contributed by atoms with Crippen LogP contribution in [0.2, 0.25) is 0 Å². The highest BCUT2D eigenvalue weighted by atomic mass is 14.9. The molecule has 3 atom stereocenters. The van der Waals surface area contributed by atoms with Gasteiger partial charge in [0.1, 0.15) is 0 Å². The third kappa shape index (κ3) is 4.26. The first-order valence-corrected chi connectivity index (χ1v) is 6.33. The van der Waals surface area contributed by atoms with Crippen LogP contribution in [-0.2, 0) is 0 Å². The van der Waals surface area contributed by atoms with Crippen molar-refractivity contribution in [2.45, 2.75) is 65.0 Å². The Morgan fingerprint density at radius 2 is 2.07 bits per heavy atom. The lowest BCUT2D eigenvalue weighted by molar-refractivity contribution is 0.223. The molecule has 1 rings (SSSR count). The first kappa shape index (κ1) is 12.6. The van der Waals surface area contributed by atoms with Crippen LogP contribution in [0.1, 0.15) is 52.9 Å². The van der Waals surface area contributed by atoms with Crippen molar-refractivity contribution in [2.24, 2.45) is 11.8 Å². The smallest absolute Gasteiger partial charge is 0.0238 e. The van der Waals surface area contributed by atoms with Gasteiger partial charge in [-0.2, -0.15) is 0 Å². The summed E-state index contributed by atoms with van der Waals surface area (Å²) >= 11 is 0. The predicted molar refractivity (Wildman–Crippen MR) is 66.6 cm³/mol. The topological polar surface area (TPSA) is 12.0 Å². The SMILES string of the molecule is C#CCC(C)NC1CCCC(C(C)C)C1. The molecule has 0 radical (unpaired) electrons. The molecule has 0 aliphatic heterocycles. The van der Waals surface area contributed by atoms with E-state index in [9.17, 15) is 0 Å². The molecule has 0 saturated heterocycles. The van der Waals surface area contributed by atoms with E-state index in [0.717, 1.165) is 18.3 Å². The molecule has 0 bridgehead atoms. The van der Waals surface area contributed by atoms with Crippen molar-refractivity contribution in [3.8, 4) is 12.3 Å². The monoisotopic (exact) mass is 207 g/mol. The molecule has 0 aromatic heterocycles. The molecule has 1 aliphatic carbocycles. The van der Waals surface area contributed by atoms with Gasteiger partial charge in [-0.15, -0.1) is 12.3 Å². The molecular formula is C14H25N. The molecule has 1 N–H and O–H groups in total. The highest BCUT2D eigenvalue weighted by Crippen LogP contribution is 2.30. The Morgan fingerprint density at radius 1 is 1.33 bits per heavy atom. The Labute approximate surface area is 95.0 Å². The number of terminal acetylenes is 1. The van der Waals surface area contributed by atoms with E-state index in [2.05, 4.69) is 32.0 Å². The number of hydrogen-bond acceptors (Lipinski definition) is 1. The molecular weight excluding hydrogens is 182 g/mol. The van der Waals surface area contributed by atoms with E-state index in [0.29, 0.717) is 12.1 Å². The van der Waals surface area contributed by atoms with Gasteiger partial charge in [0, 0.05) is 18.5 Å². The van der Waals surface area contributed by atoms with Gasteiger partial charge in [0.15, 0.2) is 0 Å². The molecule has 1 nitrogen and oxygen atoms in total. The van der Waals surface area contributed by atoms with Gasteiger partial charge in [-0.1, -0.05) is 26.7 Å². The molecule has 1 saturated carbocycles. The molecule has 0 aromatic rings. The maximum atomic E-state index is 5.32. The summed E-state index contributed by atoms with van der Waals surface area (Å²) in [5, 5.41) is 3.66. The summed E-state index contributed by atoms with van der Waals surface area (Å²) in [5.41, 5.74) is 0. The van der Waals surface area contributed by atoms with Crippen LogP contribution in [0.4, 0.5) is 0 Å². The third-order valence-corrected chi connectivity index (χ3v) is 3.60. The van der Waals surface area contributed by atoms with Gasteiger partial charge in [0.2, 0.25) is 0 Å². The molecule has 0 heterocycles. The van der Waals surface area contributed by atoms with Crippen LogP contribution in [-0.4, -0.2) is 12.1 Å². The fourth-order valence-corrected chi connectivity index (χ4v) is 2.62. The van der Waals surface area contributed by atoms with Gasteiger partial charge < -0.3 is 5.32 Å². The molecule has 1 fully saturated rings. The van der Waals surface area contributed by atoms with Gasteiger partial charge in [0.05, 0.1) is 0 Å². The van der Waals surface area contributed by atoms with Gasteiger partial charge in [-0.05, 0) is 31.6 Å². The van der Waals surface area contributed by atoms with E-state index < -0.39 is 0 Å². The Morgan fingerprint density at radius 3 is 2.67 bits per heavy atom. The summed E-state index contributed by atoms with van der Waals surface area (Å²) < 4.78 is 0. The van der Waals surface area contributed by atoms with Gasteiger partial charge in [-0.3, -0.25) is 0 Å². The van der Waals surface area contributed by atoms with Crippen molar-refractivity contribution in [2.75, 3.05) is 0 Å². The van der Waals surface area contributed by atoms with Gasteiger partial charge >= 0.3 is 0 Å². The average Bonchev–Trinajstić information content (AvgIpc) is 2.18. The lowest BCUT2D eigenvalue weighted by Gasteiger charge is -2.33. The standard InChI is InChI=1S/C14H25N/c1-5-7-12(4)15-14-9-6-8-13(10-14)11(2)3/h1,11-15H,6-10H2,2-4H3. The summed E-state index contributed by atoms with van der Waals surface area (Å²) in [4.78, 5) is 0. The minimum Gasteiger partial charge on any atom is -0.311 e. The first-order chi connectivity index (χ1) is 7.13. The molecule has 15 heavy (non-hydrogen) atoms. The summed E-state index contributed by atoms with van der Waals surface area (Å²) in [6.45, 7) is 6.88. The van der Waals surface area contributed by atoms with Gasteiger partial charge in [-0.25, -0.2) is 0 Å². The molecule has 1 aliphatic rings. The third-order valence-electron chi connectivity index (χ3n) is 3.60. The normalized spacial score (nSPS) is 28.7. The van der Waals surface area contributed by atoms with Crippen LogP contribution < -0.4 is 5.32 Å². The van der Waals surface area contributed by atoms with E-state index >= 15 is 0 Å². The minimum atomic E-state index is 0.478. The highest BCUT2D eigenvalue weighted by Gasteiger charge is 2.24. The Balaban J connectivity index is 2.33. The second kappa shape index (κ2) is 6.18. The molecule has 1 heteroatoms. The van der Waals surface area contributed by atoms with Crippen molar-refractivity contribution in [3.63, 3.8) is 0 Å². The van der Waals surface area contributed by atoms with Crippen molar-refractivity contribution < 1.29 is 0 Å². The van der Waals surface area contributed by atoms with Crippen LogP contribution in [0.3, 0.4) is 0 Å². The second-order valence-electron chi connectivity index (χ2n) is 5.34. The van der Waals surface area contributed by atoms with E-state index in [1.165, 1.54) is 25.7 Å². The summed E-state index contributed by atoms with van der Waals surface area (Å²) in [7, 11) is 0. The average molecular weight is 207 g/mol. The lowest BCUT2D eigenvalue weighted by Crippen LogP contribution is -2.40. The predicted octanol–water partition coefficient (Wildman–Crippen LogP) is 3.20. The van der Waals surface area contributed by atoms with E-state index in [1.54, 1.807) is 0 Å². The second-order valence-corrected chi connectivity index (χ2v) is 5.34. The van der Waals surface area contributed by atoms with Gasteiger partial charge in [0.25, 0.3) is 0 Å². The number of rotatable bonds is 4. The molecule has 0 aromatic carbocycles. The van der Waals surface area contributed by atoms with Crippen LogP contribution >= 0.6 is 0 Å². The largest absolute Gasteiger partial charge is 0.311 e. The Kier molecular flexibility index (Phi) is 5.19. The van der Waals surface area contributed by atoms with Crippen molar-refractivity contribution in [3.05, 3.63) is 0 Å². The molecule has 86 valence electrons. The van der Waals surface area contributed by atoms with Crippen molar-refractivity contribution in [1.82, 2.24) is 5.32 Å². The zero-order valence-corrected chi connectivity index (χ0v) is 10.4. The first-order valence-electron chi connectivity index (χ1n) is 6.33. The summed E-state index contributed by atoms with van der Waals surface area (Å²) in [5.74, 6) is 4.47. The van der Waals surface area contributed by atoms with Crippen LogP contribution in [0.25, 0.3) is 0 Å². The fraction of sp³-hybridized carbons (Fsp3) is 0.857. The lowest BCUT2D eigenvalue weighted by atomic mass is 9.79. The Hall–Kier alpha value is -0.480. The Bertz CT molecular complexity index is 214. The zero-order chi connectivity index (χ0) is 11.3. The quantitative estimate of drug-likeness (QED) is 0.698. The summed E-state index contributed by atoms with van der Waals surface area (Å²) in [6.07, 6.45) is 11.6. The van der Waals surface area contributed by atoms with Crippen molar-refractivity contribution >= 4 is 0 Å². The highest BCUT2D eigenvalue weighted by molar-refractivity contribution is 4.90. The van der Waals surface area contributed by atoms with E-state index in [1.807, 2.05) is 0 Å². The fourth-order valence-electron chi connectivity index (χ4n) is 2.62. The maximum absolute atomic E-state index is 5.32. The number of nitrogens with one attached hydrogen (secondary N) is 1. The molecule has 3 unspecified atom stereocenters. The molecule has 0 spiro atoms.